The highest BCUT2D eigenvalue weighted by Crippen LogP contribution is 2.23. The van der Waals surface area contributed by atoms with Crippen LogP contribution in [0.5, 0.6) is 0 Å². The predicted octanol–water partition coefficient (Wildman–Crippen LogP) is 1.23. The highest BCUT2D eigenvalue weighted by molar-refractivity contribution is 5.83. The van der Waals surface area contributed by atoms with Crippen LogP contribution in [0.3, 0.4) is 0 Å². The lowest BCUT2D eigenvalue weighted by Crippen LogP contribution is -2.34. The van der Waals surface area contributed by atoms with Gasteiger partial charge in [-0.1, -0.05) is 36.9 Å². The van der Waals surface area contributed by atoms with E-state index in [1.807, 2.05) is 0 Å². The van der Waals surface area contributed by atoms with Crippen LogP contribution in [0.2, 0.25) is 0 Å². The fourth-order valence-electron chi connectivity index (χ4n) is 1.17. The van der Waals surface area contributed by atoms with Gasteiger partial charge in [0.15, 0.2) is 0 Å². The summed E-state index contributed by atoms with van der Waals surface area (Å²) in [7, 11) is 1.22. The molecule has 0 saturated carbocycles. The van der Waals surface area contributed by atoms with Crippen molar-refractivity contribution in [3.8, 4) is 0 Å². The zero-order valence-corrected chi connectivity index (χ0v) is 7.93. The second-order valence-corrected chi connectivity index (χ2v) is 2.83. The molecule has 3 heteroatoms. The third kappa shape index (κ3) is 1.67. The summed E-state index contributed by atoms with van der Waals surface area (Å²) in [4.78, 5) is 11.3. The zero-order chi connectivity index (χ0) is 10.6. The Morgan fingerprint density at radius 1 is 1.50 bits per heavy atom. The van der Waals surface area contributed by atoms with Gasteiger partial charge in [-0.05, 0) is 11.6 Å². The lowest BCUT2D eigenvalue weighted by atomic mass is 9.94. The number of aliphatic hydroxyl groups is 1. The molecule has 1 rings (SSSR count). The number of carbonyl (C=O) groups excluding carboxylic acids is 1. The van der Waals surface area contributed by atoms with Gasteiger partial charge in [-0.2, -0.15) is 0 Å². The molecule has 1 atom stereocenters. The molecule has 74 valence electrons. The van der Waals surface area contributed by atoms with Crippen molar-refractivity contribution in [2.24, 2.45) is 0 Å². The van der Waals surface area contributed by atoms with E-state index in [0.717, 1.165) is 6.08 Å². The number of hydrogen-bond donors (Lipinski definition) is 1. The summed E-state index contributed by atoms with van der Waals surface area (Å²) in [5.74, 6) is -0.737. The molecule has 14 heavy (non-hydrogen) atoms. The van der Waals surface area contributed by atoms with Crippen molar-refractivity contribution in [2.45, 2.75) is 5.60 Å². The molecular formula is C11H12O3. The molecule has 0 heterocycles. The Morgan fingerprint density at radius 2 is 2.07 bits per heavy atom. The quantitative estimate of drug-likeness (QED) is 0.578. The van der Waals surface area contributed by atoms with E-state index in [1.165, 1.54) is 7.11 Å². The van der Waals surface area contributed by atoms with E-state index in [0.29, 0.717) is 5.56 Å². The maximum atomic E-state index is 11.3. The lowest BCUT2D eigenvalue weighted by Gasteiger charge is -2.21. The number of carbonyl (C=O) groups is 1. The van der Waals surface area contributed by atoms with Gasteiger partial charge in [-0.3, -0.25) is 0 Å². The average molecular weight is 192 g/mol. The van der Waals surface area contributed by atoms with Crippen LogP contribution in [0, 0.1) is 0 Å². The molecule has 0 aliphatic carbocycles. The molecule has 0 aromatic heterocycles. The minimum Gasteiger partial charge on any atom is -0.466 e. The van der Waals surface area contributed by atoms with Gasteiger partial charge in [0, 0.05) is 0 Å². The van der Waals surface area contributed by atoms with Crippen LogP contribution in [-0.4, -0.2) is 18.2 Å². The van der Waals surface area contributed by atoms with Gasteiger partial charge in [0.25, 0.3) is 0 Å². The van der Waals surface area contributed by atoms with Gasteiger partial charge in [0.05, 0.1) is 7.11 Å². The monoisotopic (exact) mass is 192 g/mol. The summed E-state index contributed by atoms with van der Waals surface area (Å²) in [5, 5.41) is 9.97. The first-order chi connectivity index (χ1) is 6.65. The van der Waals surface area contributed by atoms with Gasteiger partial charge in [-0.15, -0.1) is 0 Å². The van der Waals surface area contributed by atoms with Crippen LogP contribution in [0.15, 0.2) is 43.0 Å². The predicted molar refractivity (Wildman–Crippen MR) is 52.6 cm³/mol. The van der Waals surface area contributed by atoms with Crippen LogP contribution in [0.1, 0.15) is 5.56 Å². The first-order valence-electron chi connectivity index (χ1n) is 4.15. The van der Waals surface area contributed by atoms with E-state index >= 15 is 0 Å². The topological polar surface area (TPSA) is 46.5 Å². The van der Waals surface area contributed by atoms with Crippen molar-refractivity contribution < 1.29 is 14.6 Å². The number of benzene rings is 1. The van der Waals surface area contributed by atoms with E-state index < -0.39 is 11.6 Å². The smallest absolute Gasteiger partial charge is 0.346 e. The first-order valence-corrected chi connectivity index (χ1v) is 4.15. The van der Waals surface area contributed by atoms with E-state index in [-0.39, 0.29) is 0 Å². The summed E-state index contributed by atoms with van der Waals surface area (Å²) in [6, 6.07) is 8.53. The Bertz CT molecular complexity index is 332. The molecule has 0 bridgehead atoms. The Labute approximate surface area is 82.6 Å². The van der Waals surface area contributed by atoms with Gasteiger partial charge >= 0.3 is 5.97 Å². The molecule has 0 fully saturated rings. The molecule has 1 aromatic rings. The number of methoxy groups -OCH3 is 1. The van der Waals surface area contributed by atoms with Gasteiger partial charge in [0.1, 0.15) is 0 Å². The molecule has 1 aromatic carbocycles. The summed E-state index contributed by atoms with van der Waals surface area (Å²) in [5.41, 5.74) is -1.31. The molecule has 0 unspecified atom stereocenters. The molecule has 1 N–H and O–H groups in total. The van der Waals surface area contributed by atoms with Crippen LogP contribution >= 0.6 is 0 Å². The molecule has 0 aliphatic heterocycles. The summed E-state index contributed by atoms with van der Waals surface area (Å²) < 4.78 is 4.50. The normalized spacial score (nSPS) is 14.1. The van der Waals surface area contributed by atoms with Crippen LogP contribution < -0.4 is 0 Å². The second-order valence-electron chi connectivity index (χ2n) is 2.83. The Balaban J connectivity index is 3.14. The number of esters is 1. The minimum atomic E-state index is -1.75. The molecular weight excluding hydrogens is 180 g/mol. The van der Waals surface area contributed by atoms with Crippen molar-refractivity contribution in [3.63, 3.8) is 0 Å². The third-order valence-corrected chi connectivity index (χ3v) is 2.01. The van der Waals surface area contributed by atoms with Crippen LogP contribution in [0.4, 0.5) is 0 Å². The maximum absolute atomic E-state index is 11.3. The lowest BCUT2D eigenvalue weighted by molar-refractivity contribution is -0.158. The molecule has 0 radical (unpaired) electrons. The van der Waals surface area contributed by atoms with E-state index in [4.69, 9.17) is 0 Å². The van der Waals surface area contributed by atoms with Crippen LogP contribution in [0.25, 0.3) is 0 Å². The molecule has 0 saturated heterocycles. The van der Waals surface area contributed by atoms with E-state index in [2.05, 4.69) is 11.3 Å². The molecule has 3 nitrogen and oxygen atoms in total. The molecule has 0 aliphatic rings. The first kappa shape index (κ1) is 10.5. The number of hydrogen-bond acceptors (Lipinski definition) is 3. The fourth-order valence-corrected chi connectivity index (χ4v) is 1.17. The number of ether oxygens (including phenoxy) is 1. The SMILES string of the molecule is C=C[C@@](O)(C(=O)OC)c1ccccc1. The Morgan fingerprint density at radius 3 is 2.50 bits per heavy atom. The minimum absolute atomic E-state index is 0.446. The second kappa shape index (κ2) is 4.07. The Hall–Kier alpha value is -1.61. The Kier molecular flexibility index (Phi) is 3.04. The maximum Gasteiger partial charge on any atom is 0.346 e. The fraction of sp³-hybridized carbons (Fsp3) is 0.182. The highest BCUT2D eigenvalue weighted by atomic mass is 16.5. The van der Waals surface area contributed by atoms with Crippen molar-refractivity contribution >= 4 is 5.97 Å². The average Bonchev–Trinajstić information content (AvgIpc) is 2.28. The van der Waals surface area contributed by atoms with Crippen molar-refractivity contribution in [1.82, 2.24) is 0 Å². The van der Waals surface area contributed by atoms with E-state index in [1.54, 1.807) is 30.3 Å². The standard InChI is InChI=1S/C11H12O3/c1-3-11(13,10(12)14-2)9-7-5-4-6-8-9/h3-8,13H,1H2,2H3/t11-/m0/s1. The molecule has 0 spiro atoms. The largest absolute Gasteiger partial charge is 0.466 e. The van der Waals surface area contributed by atoms with Crippen molar-refractivity contribution in [1.29, 1.82) is 0 Å². The van der Waals surface area contributed by atoms with Crippen molar-refractivity contribution in [3.05, 3.63) is 48.6 Å². The van der Waals surface area contributed by atoms with Gasteiger partial charge in [-0.25, -0.2) is 4.79 Å². The zero-order valence-electron chi connectivity index (χ0n) is 7.93. The van der Waals surface area contributed by atoms with Gasteiger partial charge < -0.3 is 9.84 Å². The number of rotatable bonds is 3. The summed E-state index contributed by atoms with van der Waals surface area (Å²) >= 11 is 0. The third-order valence-electron chi connectivity index (χ3n) is 2.01. The highest BCUT2D eigenvalue weighted by Gasteiger charge is 2.35. The van der Waals surface area contributed by atoms with Gasteiger partial charge in [0.2, 0.25) is 5.60 Å². The van der Waals surface area contributed by atoms with E-state index in [9.17, 15) is 9.90 Å². The van der Waals surface area contributed by atoms with Crippen LogP contribution in [-0.2, 0) is 15.1 Å². The van der Waals surface area contributed by atoms with Crippen molar-refractivity contribution in [2.75, 3.05) is 7.11 Å². The summed E-state index contributed by atoms with van der Waals surface area (Å²) in [6.07, 6.45) is 1.16. The molecule has 0 amide bonds. The summed E-state index contributed by atoms with van der Waals surface area (Å²) in [6.45, 7) is 3.43.